The van der Waals surface area contributed by atoms with Crippen molar-refractivity contribution in [2.45, 2.75) is 19.2 Å². The third-order valence-electron chi connectivity index (χ3n) is 3.48. The fourth-order valence-electron chi connectivity index (χ4n) is 2.58. The molecule has 1 aromatic carbocycles. The minimum Gasteiger partial charge on any atom is -0.494 e. The Morgan fingerprint density at radius 1 is 1.33 bits per heavy atom. The van der Waals surface area contributed by atoms with Gasteiger partial charge in [-0.2, -0.15) is 5.10 Å². The van der Waals surface area contributed by atoms with E-state index in [-0.39, 0.29) is 5.38 Å². The van der Waals surface area contributed by atoms with Crippen molar-refractivity contribution in [3.05, 3.63) is 35.9 Å². The molecule has 0 N–H and O–H groups in total. The van der Waals surface area contributed by atoms with Crippen LogP contribution < -0.4 is 4.74 Å². The number of ether oxygens (including phenoxy) is 1. The molecule has 6 heteroatoms. The van der Waals surface area contributed by atoms with Gasteiger partial charge in [-0.15, -0.1) is 11.6 Å². The smallest absolute Gasteiger partial charge is 0.146 e. The maximum Gasteiger partial charge on any atom is 0.146 e. The van der Waals surface area contributed by atoms with Gasteiger partial charge >= 0.3 is 0 Å². The lowest BCUT2D eigenvalue weighted by Gasteiger charge is -2.09. The molecule has 0 amide bonds. The van der Waals surface area contributed by atoms with Gasteiger partial charge in [-0.3, -0.25) is 9.25 Å². The number of benzene rings is 1. The Hall–Kier alpha value is -2.01. The summed E-state index contributed by atoms with van der Waals surface area (Å²) in [6.07, 6.45) is 1.97. The fraction of sp³-hybridized carbons (Fsp3) is 0.333. The molecule has 0 aliphatic heterocycles. The van der Waals surface area contributed by atoms with Crippen LogP contribution in [0.5, 0.6) is 5.75 Å². The van der Waals surface area contributed by atoms with Crippen LogP contribution in [0.25, 0.3) is 16.7 Å². The number of aryl methyl sites for hydroxylation is 2. The van der Waals surface area contributed by atoms with Crippen molar-refractivity contribution in [1.29, 1.82) is 0 Å². The number of imidazole rings is 1. The molecule has 21 heavy (non-hydrogen) atoms. The number of alkyl halides is 1. The van der Waals surface area contributed by atoms with Gasteiger partial charge in [0.1, 0.15) is 17.1 Å². The first-order valence-corrected chi connectivity index (χ1v) is 7.16. The van der Waals surface area contributed by atoms with E-state index >= 15 is 0 Å². The molecule has 0 aliphatic rings. The van der Waals surface area contributed by atoms with E-state index in [4.69, 9.17) is 16.3 Å². The standard InChI is InChI=1S/C15H17ClN4O/c1-9(16)15-17-14-11(6-5-7-13(14)21-4)20(15)12-8-19(3)18-10(12)2/h5-9H,1-4H3. The Morgan fingerprint density at radius 3 is 2.67 bits per heavy atom. The molecular formula is C15H17ClN4O. The monoisotopic (exact) mass is 304 g/mol. The number of hydrogen-bond acceptors (Lipinski definition) is 3. The molecule has 0 saturated carbocycles. The van der Waals surface area contributed by atoms with Crippen LogP contribution >= 0.6 is 11.6 Å². The number of halogens is 1. The highest BCUT2D eigenvalue weighted by Crippen LogP contribution is 2.33. The Bertz CT molecular complexity index is 803. The molecule has 1 unspecified atom stereocenters. The summed E-state index contributed by atoms with van der Waals surface area (Å²) in [5.74, 6) is 1.53. The van der Waals surface area contributed by atoms with E-state index in [1.807, 2.05) is 45.3 Å². The van der Waals surface area contributed by atoms with Crippen molar-refractivity contribution in [3.8, 4) is 11.4 Å². The van der Waals surface area contributed by atoms with Crippen LogP contribution in [0, 0.1) is 6.92 Å². The van der Waals surface area contributed by atoms with Gasteiger partial charge in [-0.1, -0.05) is 6.07 Å². The maximum atomic E-state index is 6.33. The maximum absolute atomic E-state index is 6.33. The van der Waals surface area contributed by atoms with Gasteiger partial charge < -0.3 is 4.74 Å². The Morgan fingerprint density at radius 2 is 2.10 bits per heavy atom. The van der Waals surface area contributed by atoms with Crippen molar-refractivity contribution < 1.29 is 4.74 Å². The SMILES string of the molecule is COc1cccc2c1nc(C(C)Cl)n2-c1cn(C)nc1C. The fourth-order valence-corrected chi connectivity index (χ4v) is 2.73. The lowest BCUT2D eigenvalue weighted by atomic mass is 10.3. The van der Waals surface area contributed by atoms with Gasteiger partial charge in [0, 0.05) is 13.2 Å². The molecule has 0 saturated heterocycles. The van der Waals surface area contributed by atoms with Crippen molar-refractivity contribution >= 4 is 22.6 Å². The number of rotatable bonds is 3. The lowest BCUT2D eigenvalue weighted by Crippen LogP contribution is -2.02. The average molecular weight is 305 g/mol. The third-order valence-corrected chi connectivity index (χ3v) is 3.67. The zero-order chi connectivity index (χ0) is 15.1. The number of hydrogen-bond donors (Lipinski definition) is 0. The van der Waals surface area contributed by atoms with Crippen molar-refractivity contribution in [1.82, 2.24) is 19.3 Å². The average Bonchev–Trinajstić information content (AvgIpc) is 2.98. The van der Waals surface area contributed by atoms with Gasteiger partial charge in [0.05, 0.1) is 29.4 Å². The minimum absolute atomic E-state index is 0.221. The topological polar surface area (TPSA) is 44.9 Å². The summed E-state index contributed by atoms with van der Waals surface area (Å²) in [6.45, 7) is 3.89. The Kier molecular flexibility index (Phi) is 3.37. The summed E-state index contributed by atoms with van der Waals surface area (Å²) in [5, 5.41) is 4.19. The summed E-state index contributed by atoms with van der Waals surface area (Å²) < 4.78 is 9.25. The molecule has 0 fully saturated rings. The normalized spacial score (nSPS) is 12.8. The first-order chi connectivity index (χ1) is 10.0. The lowest BCUT2D eigenvalue weighted by molar-refractivity contribution is 0.419. The van der Waals surface area contributed by atoms with Crippen LogP contribution in [0.15, 0.2) is 24.4 Å². The van der Waals surface area contributed by atoms with Gasteiger partial charge in [-0.05, 0) is 26.0 Å². The first-order valence-electron chi connectivity index (χ1n) is 6.73. The summed E-state index contributed by atoms with van der Waals surface area (Å²) in [7, 11) is 3.55. The molecule has 0 bridgehead atoms. The zero-order valence-electron chi connectivity index (χ0n) is 12.5. The second-order valence-corrected chi connectivity index (χ2v) is 5.68. The van der Waals surface area contributed by atoms with Crippen LogP contribution in [0.4, 0.5) is 0 Å². The zero-order valence-corrected chi connectivity index (χ0v) is 13.2. The number of methoxy groups -OCH3 is 1. The van der Waals surface area contributed by atoms with Gasteiger partial charge in [-0.25, -0.2) is 4.98 Å². The van der Waals surface area contributed by atoms with Gasteiger partial charge in [0.2, 0.25) is 0 Å². The first kappa shape index (κ1) is 13.9. The summed E-state index contributed by atoms with van der Waals surface area (Å²) in [4.78, 5) is 4.68. The molecule has 2 aromatic heterocycles. The van der Waals surface area contributed by atoms with Crippen LogP contribution in [0.3, 0.4) is 0 Å². The van der Waals surface area contributed by atoms with E-state index in [0.29, 0.717) is 0 Å². The molecule has 0 aliphatic carbocycles. The number of fused-ring (bicyclic) bond motifs is 1. The highest BCUT2D eigenvalue weighted by Gasteiger charge is 2.20. The molecule has 1 atom stereocenters. The number of para-hydroxylation sites is 1. The van der Waals surface area contributed by atoms with Crippen LogP contribution in [-0.4, -0.2) is 26.4 Å². The van der Waals surface area contributed by atoms with Crippen LogP contribution in [0.2, 0.25) is 0 Å². The van der Waals surface area contributed by atoms with E-state index < -0.39 is 0 Å². The predicted octanol–water partition coefficient (Wildman–Crippen LogP) is 3.38. The second-order valence-electron chi connectivity index (χ2n) is 5.02. The van der Waals surface area contributed by atoms with E-state index in [0.717, 1.165) is 34.0 Å². The largest absolute Gasteiger partial charge is 0.494 e. The highest BCUT2D eigenvalue weighted by atomic mass is 35.5. The molecule has 5 nitrogen and oxygen atoms in total. The quantitative estimate of drug-likeness (QED) is 0.697. The summed E-state index contributed by atoms with van der Waals surface area (Å²) in [5.41, 5.74) is 3.69. The van der Waals surface area contributed by atoms with Gasteiger partial charge in [0.25, 0.3) is 0 Å². The molecular weight excluding hydrogens is 288 g/mol. The molecule has 110 valence electrons. The van der Waals surface area contributed by atoms with Crippen LogP contribution in [0.1, 0.15) is 23.8 Å². The van der Waals surface area contributed by atoms with Crippen molar-refractivity contribution in [3.63, 3.8) is 0 Å². The van der Waals surface area contributed by atoms with Crippen LogP contribution in [-0.2, 0) is 7.05 Å². The Labute approximate surface area is 128 Å². The molecule has 0 radical (unpaired) electrons. The van der Waals surface area contributed by atoms with E-state index in [1.54, 1.807) is 11.8 Å². The van der Waals surface area contributed by atoms with Crippen molar-refractivity contribution in [2.75, 3.05) is 7.11 Å². The van der Waals surface area contributed by atoms with Gasteiger partial charge in [0.15, 0.2) is 0 Å². The van der Waals surface area contributed by atoms with Crippen molar-refractivity contribution in [2.24, 2.45) is 7.05 Å². The molecule has 0 spiro atoms. The van der Waals surface area contributed by atoms with E-state index in [2.05, 4.69) is 14.6 Å². The molecule has 2 heterocycles. The highest BCUT2D eigenvalue weighted by molar-refractivity contribution is 6.20. The minimum atomic E-state index is -0.221. The third kappa shape index (κ3) is 2.17. The number of aromatic nitrogens is 4. The van der Waals surface area contributed by atoms with E-state index in [1.165, 1.54) is 0 Å². The van der Waals surface area contributed by atoms with E-state index in [9.17, 15) is 0 Å². The predicted molar refractivity (Wildman–Crippen MR) is 83.4 cm³/mol. The summed E-state index contributed by atoms with van der Waals surface area (Å²) in [6, 6.07) is 5.87. The Balaban J connectivity index is 2.39. The molecule has 3 rings (SSSR count). The second kappa shape index (κ2) is 5.07. The molecule has 3 aromatic rings. The number of nitrogens with zero attached hydrogens (tertiary/aromatic N) is 4. The summed E-state index contributed by atoms with van der Waals surface area (Å²) >= 11 is 6.33.